The number of fused-ring (bicyclic) bond motifs is 1. The van der Waals surface area contributed by atoms with E-state index in [-0.39, 0.29) is 0 Å². The topological polar surface area (TPSA) is 75.6 Å². The van der Waals surface area contributed by atoms with Crippen LogP contribution >= 0.6 is 0 Å². The van der Waals surface area contributed by atoms with Gasteiger partial charge in [0.05, 0.1) is 6.61 Å². The van der Waals surface area contributed by atoms with Crippen LogP contribution in [0.2, 0.25) is 0 Å². The molecule has 0 fully saturated rings. The molecule has 1 aliphatic heterocycles. The summed E-state index contributed by atoms with van der Waals surface area (Å²) in [6, 6.07) is 12.7. The molecule has 3 rings (SSSR count). The quantitative estimate of drug-likeness (QED) is 0.907. The van der Waals surface area contributed by atoms with Crippen molar-refractivity contribution >= 4 is 11.9 Å². The average molecular weight is 297 g/mol. The van der Waals surface area contributed by atoms with Crippen LogP contribution < -0.4 is 10.1 Å². The van der Waals surface area contributed by atoms with Gasteiger partial charge in [-0.25, -0.2) is 4.79 Å². The van der Waals surface area contributed by atoms with Crippen molar-refractivity contribution in [2.24, 2.45) is 0 Å². The molecule has 0 saturated heterocycles. The summed E-state index contributed by atoms with van der Waals surface area (Å²) in [6.07, 6.45) is 0.752. The number of aliphatic carboxylic acids is 1. The monoisotopic (exact) mass is 297 g/mol. The maximum Gasteiger partial charge on any atom is 0.330 e. The molecular formula is C17H15NO4. The van der Waals surface area contributed by atoms with Crippen LogP contribution in [-0.4, -0.2) is 23.6 Å². The van der Waals surface area contributed by atoms with Crippen LogP contribution in [0.15, 0.2) is 48.5 Å². The smallest absolute Gasteiger partial charge is 0.330 e. The van der Waals surface area contributed by atoms with Crippen molar-refractivity contribution in [3.8, 4) is 5.75 Å². The van der Waals surface area contributed by atoms with E-state index in [1.807, 2.05) is 0 Å². The van der Waals surface area contributed by atoms with Crippen molar-refractivity contribution in [3.05, 3.63) is 65.2 Å². The first-order chi connectivity index (χ1) is 10.6. The van der Waals surface area contributed by atoms with Gasteiger partial charge in [-0.1, -0.05) is 24.3 Å². The number of hydrogen-bond donors (Lipinski definition) is 2. The summed E-state index contributed by atoms with van der Waals surface area (Å²) >= 11 is 0. The molecule has 5 heteroatoms. The van der Waals surface area contributed by atoms with Gasteiger partial charge in [0.2, 0.25) is 0 Å². The second kappa shape index (κ2) is 5.89. The molecule has 1 atom stereocenters. The molecule has 2 aromatic rings. The molecule has 22 heavy (non-hydrogen) atoms. The Morgan fingerprint density at radius 1 is 1.14 bits per heavy atom. The molecule has 2 N–H and O–H groups in total. The van der Waals surface area contributed by atoms with Crippen molar-refractivity contribution in [3.63, 3.8) is 0 Å². The van der Waals surface area contributed by atoms with Gasteiger partial charge < -0.3 is 15.2 Å². The van der Waals surface area contributed by atoms with Crippen LogP contribution in [0.4, 0.5) is 0 Å². The third-order valence-corrected chi connectivity index (χ3v) is 3.61. The first-order valence-electron chi connectivity index (χ1n) is 6.99. The Morgan fingerprint density at radius 2 is 1.91 bits per heavy atom. The number of carboxylic acids is 1. The molecule has 1 amide bonds. The molecule has 0 bridgehead atoms. The zero-order chi connectivity index (χ0) is 15.5. The summed E-state index contributed by atoms with van der Waals surface area (Å²) < 4.78 is 5.41. The zero-order valence-corrected chi connectivity index (χ0v) is 11.8. The van der Waals surface area contributed by atoms with Gasteiger partial charge >= 0.3 is 5.97 Å². The number of carbonyl (C=O) groups is 2. The zero-order valence-electron chi connectivity index (χ0n) is 11.8. The Kier molecular flexibility index (Phi) is 3.78. The highest BCUT2D eigenvalue weighted by Gasteiger charge is 2.24. The Balaban J connectivity index is 1.84. The molecule has 0 radical (unpaired) electrons. The summed E-state index contributed by atoms with van der Waals surface area (Å²) in [6.45, 7) is 0.604. The molecule has 0 aliphatic carbocycles. The fraction of sp³-hybridized carbons (Fsp3) is 0.176. The summed E-state index contributed by atoms with van der Waals surface area (Å²) in [5.74, 6) is -0.727. The SMILES string of the molecule is O=C(NC(C(=O)O)c1ccc2c(c1)CCO2)c1ccccc1. The van der Waals surface area contributed by atoms with Gasteiger partial charge in [0.1, 0.15) is 5.75 Å². The van der Waals surface area contributed by atoms with Gasteiger partial charge in [0, 0.05) is 12.0 Å². The highest BCUT2D eigenvalue weighted by Crippen LogP contribution is 2.28. The van der Waals surface area contributed by atoms with Crippen LogP contribution in [0.25, 0.3) is 0 Å². The van der Waals surface area contributed by atoms with Crippen molar-refractivity contribution in [1.82, 2.24) is 5.32 Å². The lowest BCUT2D eigenvalue weighted by atomic mass is 10.0. The maximum atomic E-state index is 12.2. The first kappa shape index (κ1) is 14.1. The van der Waals surface area contributed by atoms with Crippen molar-refractivity contribution < 1.29 is 19.4 Å². The van der Waals surface area contributed by atoms with Crippen LogP contribution in [0.5, 0.6) is 5.75 Å². The van der Waals surface area contributed by atoms with Crippen LogP contribution in [0.1, 0.15) is 27.5 Å². The van der Waals surface area contributed by atoms with Crippen LogP contribution in [0.3, 0.4) is 0 Å². The molecule has 112 valence electrons. The lowest BCUT2D eigenvalue weighted by Crippen LogP contribution is -2.33. The molecule has 1 aliphatic rings. The Hall–Kier alpha value is -2.82. The fourth-order valence-electron chi connectivity index (χ4n) is 2.48. The van der Waals surface area contributed by atoms with Gasteiger partial charge in [-0.2, -0.15) is 0 Å². The Morgan fingerprint density at radius 3 is 2.64 bits per heavy atom. The molecule has 2 aromatic carbocycles. The summed E-state index contributed by atoms with van der Waals surface area (Å²) in [5.41, 5.74) is 1.94. The molecule has 0 spiro atoms. The lowest BCUT2D eigenvalue weighted by molar-refractivity contribution is -0.139. The minimum Gasteiger partial charge on any atom is -0.493 e. The fourth-order valence-corrected chi connectivity index (χ4v) is 2.48. The van der Waals surface area contributed by atoms with E-state index in [2.05, 4.69) is 5.32 Å². The van der Waals surface area contributed by atoms with Gasteiger partial charge in [-0.3, -0.25) is 4.79 Å². The average Bonchev–Trinajstić information content (AvgIpc) is 3.00. The number of rotatable bonds is 4. The standard InChI is InChI=1S/C17H15NO4/c19-16(11-4-2-1-3-5-11)18-15(17(20)21)13-6-7-14-12(10-13)8-9-22-14/h1-7,10,15H,8-9H2,(H,18,19)(H,20,21). The first-order valence-corrected chi connectivity index (χ1v) is 6.99. The van der Waals surface area contributed by atoms with E-state index in [4.69, 9.17) is 4.74 Å². The third-order valence-electron chi connectivity index (χ3n) is 3.61. The maximum absolute atomic E-state index is 12.2. The third kappa shape index (κ3) is 2.79. The molecule has 0 aromatic heterocycles. The minimum absolute atomic E-state index is 0.412. The Labute approximate surface area is 127 Å². The number of hydrogen-bond acceptors (Lipinski definition) is 3. The van der Waals surface area contributed by atoms with E-state index >= 15 is 0 Å². The molecule has 0 saturated carbocycles. The van der Waals surface area contributed by atoms with Gasteiger partial charge in [-0.05, 0) is 35.4 Å². The lowest BCUT2D eigenvalue weighted by Gasteiger charge is -2.16. The van der Waals surface area contributed by atoms with Gasteiger partial charge in [0.25, 0.3) is 5.91 Å². The predicted molar refractivity (Wildman–Crippen MR) is 79.9 cm³/mol. The van der Waals surface area contributed by atoms with E-state index in [9.17, 15) is 14.7 Å². The largest absolute Gasteiger partial charge is 0.493 e. The Bertz CT molecular complexity index is 712. The number of ether oxygens (including phenoxy) is 1. The van der Waals surface area contributed by atoms with E-state index in [1.165, 1.54) is 0 Å². The van der Waals surface area contributed by atoms with Crippen LogP contribution in [-0.2, 0) is 11.2 Å². The summed E-state index contributed by atoms with van der Waals surface area (Å²) in [5, 5.41) is 12.0. The van der Waals surface area contributed by atoms with Crippen molar-refractivity contribution in [2.75, 3.05) is 6.61 Å². The number of amides is 1. The van der Waals surface area contributed by atoms with Crippen LogP contribution in [0, 0.1) is 0 Å². The highest BCUT2D eigenvalue weighted by molar-refractivity contribution is 5.96. The minimum atomic E-state index is -1.09. The van der Waals surface area contributed by atoms with Gasteiger partial charge in [0.15, 0.2) is 6.04 Å². The molecule has 1 heterocycles. The molecule has 1 unspecified atom stereocenters. The highest BCUT2D eigenvalue weighted by atomic mass is 16.5. The van der Waals surface area contributed by atoms with E-state index in [1.54, 1.807) is 48.5 Å². The number of nitrogens with one attached hydrogen (secondary N) is 1. The number of carbonyl (C=O) groups excluding carboxylic acids is 1. The molecular weight excluding hydrogens is 282 g/mol. The second-order valence-electron chi connectivity index (χ2n) is 5.08. The van der Waals surface area contributed by atoms with E-state index in [0.717, 1.165) is 17.7 Å². The number of benzene rings is 2. The summed E-state index contributed by atoms with van der Waals surface area (Å²) in [7, 11) is 0. The normalized spacial score (nSPS) is 13.8. The van der Waals surface area contributed by atoms with Crippen molar-refractivity contribution in [1.29, 1.82) is 0 Å². The predicted octanol–water partition coefficient (Wildman–Crippen LogP) is 2.18. The number of carboxylic acid groups (broad SMARTS) is 1. The van der Waals surface area contributed by atoms with Crippen molar-refractivity contribution in [2.45, 2.75) is 12.5 Å². The van der Waals surface area contributed by atoms with Gasteiger partial charge in [-0.15, -0.1) is 0 Å². The molecule has 5 nitrogen and oxygen atoms in total. The summed E-state index contributed by atoms with van der Waals surface area (Å²) in [4.78, 5) is 23.7. The van der Waals surface area contributed by atoms with E-state index in [0.29, 0.717) is 17.7 Å². The van der Waals surface area contributed by atoms with E-state index < -0.39 is 17.9 Å². The second-order valence-corrected chi connectivity index (χ2v) is 5.08.